The molecule has 0 aliphatic heterocycles. The minimum Gasteiger partial charge on any atom is -0.265 e. The van der Waals surface area contributed by atoms with Crippen molar-refractivity contribution in [1.29, 1.82) is 0 Å². The SMILES string of the molecule is Clc1cc(Cl)cc(C2C=CC=CC2n2cccn2)c1. The maximum absolute atomic E-state index is 6.09. The molecule has 96 valence electrons. The molecule has 1 aromatic heterocycles. The van der Waals surface area contributed by atoms with Crippen LogP contribution in [0.25, 0.3) is 0 Å². The van der Waals surface area contributed by atoms with E-state index in [2.05, 4.69) is 17.3 Å². The van der Waals surface area contributed by atoms with E-state index in [0.29, 0.717) is 10.0 Å². The van der Waals surface area contributed by atoms with Gasteiger partial charge in [-0.15, -0.1) is 0 Å². The highest BCUT2D eigenvalue weighted by molar-refractivity contribution is 6.34. The summed E-state index contributed by atoms with van der Waals surface area (Å²) in [4.78, 5) is 0. The van der Waals surface area contributed by atoms with Gasteiger partial charge in [0.05, 0.1) is 6.04 Å². The van der Waals surface area contributed by atoms with Gasteiger partial charge in [0.25, 0.3) is 0 Å². The van der Waals surface area contributed by atoms with Crippen LogP contribution >= 0.6 is 23.2 Å². The topological polar surface area (TPSA) is 17.8 Å². The minimum atomic E-state index is 0.148. The fourth-order valence-electron chi connectivity index (χ4n) is 2.38. The Hall–Kier alpha value is -1.51. The van der Waals surface area contributed by atoms with Crippen molar-refractivity contribution in [1.82, 2.24) is 9.78 Å². The lowest BCUT2D eigenvalue weighted by molar-refractivity contribution is 0.493. The molecule has 0 N–H and O–H groups in total. The second-order valence-corrected chi connectivity index (χ2v) is 5.35. The highest BCUT2D eigenvalue weighted by Gasteiger charge is 2.22. The average Bonchev–Trinajstić information content (AvgIpc) is 2.91. The van der Waals surface area contributed by atoms with Gasteiger partial charge in [0, 0.05) is 28.4 Å². The van der Waals surface area contributed by atoms with E-state index in [9.17, 15) is 0 Å². The van der Waals surface area contributed by atoms with E-state index in [-0.39, 0.29) is 12.0 Å². The van der Waals surface area contributed by atoms with Crippen LogP contribution in [0.3, 0.4) is 0 Å². The summed E-state index contributed by atoms with van der Waals surface area (Å²) >= 11 is 12.2. The van der Waals surface area contributed by atoms with E-state index in [1.54, 1.807) is 12.3 Å². The number of aromatic nitrogens is 2. The van der Waals surface area contributed by atoms with Crippen LogP contribution in [-0.4, -0.2) is 9.78 Å². The van der Waals surface area contributed by atoms with E-state index in [4.69, 9.17) is 23.2 Å². The Morgan fingerprint density at radius 2 is 1.74 bits per heavy atom. The Kier molecular flexibility index (Phi) is 3.45. The summed E-state index contributed by atoms with van der Waals surface area (Å²) in [5.41, 5.74) is 1.10. The molecule has 1 heterocycles. The quantitative estimate of drug-likeness (QED) is 0.788. The molecule has 1 aromatic carbocycles. The normalized spacial score (nSPS) is 21.8. The summed E-state index contributed by atoms with van der Waals surface area (Å²) < 4.78 is 1.94. The van der Waals surface area contributed by atoms with Crippen LogP contribution in [0.15, 0.2) is 61.0 Å². The van der Waals surface area contributed by atoms with Crippen molar-refractivity contribution in [3.8, 4) is 0 Å². The number of benzene rings is 1. The molecule has 3 rings (SSSR count). The summed E-state index contributed by atoms with van der Waals surface area (Å²) in [6.45, 7) is 0. The first-order chi connectivity index (χ1) is 9.24. The average molecular weight is 291 g/mol. The summed E-state index contributed by atoms with van der Waals surface area (Å²) in [6, 6.07) is 7.73. The van der Waals surface area contributed by atoms with E-state index in [1.807, 2.05) is 41.2 Å². The zero-order valence-electron chi connectivity index (χ0n) is 10.1. The zero-order chi connectivity index (χ0) is 13.2. The van der Waals surface area contributed by atoms with E-state index >= 15 is 0 Å². The molecule has 0 fully saturated rings. The smallest absolute Gasteiger partial charge is 0.0805 e. The monoisotopic (exact) mass is 290 g/mol. The largest absolute Gasteiger partial charge is 0.265 e. The predicted octanol–water partition coefficient (Wildman–Crippen LogP) is 4.64. The van der Waals surface area contributed by atoms with Crippen LogP contribution in [0.2, 0.25) is 10.0 Å². The van der Waals surface area contributed by atoms with Gasteiger partial charge in [-0.05, 0) is 29.8 Å². The molecule has 19 heavy (non-hydrogen) atoms. The number of allylic oxidation sites excluding steroid dienone is 4. The third-order valence-electron chi connectivity index (χ3n) is 3.21. The molecule has 2 atom stereocenters. The Morgan fingerprint density at radius 3 is 2.42 bits per heavy atom. The van der Waals surface area contributed by atoms with Crippen LogP contribution in [0.4, 0.5) is 0 Å². The number of halogens is 2. The first kappa shape index (κ1) is 12.5. The Bertz CT molecular complexity index is 609. The van der Waals surface area contributed by atoms with E-state index in [1.165, 1.54) is 0 Å². The maximum Gasteiger partial charge on any atom is 0.0805 e. The van der Waals surface area contributed by atoms with Gasteiger partial charge in [0.15, 0.2) is 0 Å². The Labute approximate surface area is 122 Å². The Morgan fingerprint density at radius 1 is 1.00 bits per heavy atom. The number of hydrogen-bond donors (Lipinski definition) is 0. The molecule has 4 heteroatoms. The molecule has 2 unspecified atom stereocenters. The van der Waals surface area contributed by atoms with Crippen LogP contribution in [0.5, 0.6) is 0 Å². The molecule has 0 spiro atoms. The van der Waals surface area contributed by atoms with E-state index < -0.39 is 0 Å². The van der Waals surface area contributed by atoms with Gasteiger partial charge in [-0.2, -0.15) is 5.10 Å². The standard InChI is InChI=1S/C15H12Cl2N2/c16-12-8-11(9-13(17)10-12)14-4-1-2-5-15(14)19-7-3-6-18-19/h1-10,14-15H. The van der Waals surface area contributed by atoms with Crippen molar-refractivity contribution >= 4 is 23.2 Å². The molecule has 1 aliphatic rings. The molecule has 1 aliphatic carbocycles. The highest BCUT2D eigenvalue weighted by atomic mass is 35.5. The van der Waals surface area contributed by atoms with Crippen LogP contribution in [0.1, 0.15) is 17.5 Å². The maximum atomic E-state index is 6.09. The first-order valence-corrected chi connectivity index (χ1v) is 6.80. The van der Waals surface area contributed by atoms with Crippen LogP contribution in [0, 0.1) is 0 Å². The lowest BCUT2D eigenvalue weighted by atomic mass is 9.88. The lowest BCUT2D eigenvalue weighted by Gasteiger charge is -2.25. The lowest BCUT2D eigenvalue weighted by Crippen LogP contribution is -2.16. The van der Waals surface area contributed by atoms with Gasteiger partial charge in [-0.1, -0.05) is 47.5 Å². The molecule has 0 saturated heterocycles. The molecule has 0 saturated carbocycles. The van der Waals surface area contributed by atoms with Gasteiger partial charge >= 0.3 is 0 Å². The highest BCUT2D eigenvalue weighted by Crippen LogP contribution is 2.35. The second-order valence-electron chi connectivity index (χ2n) is 4.48. The molecule has 0 bridgehead atoms. The van der Waals surface area contributed by atoms with Gasteiger partial charge in [-0.3, -0.25) is 4.68 Å². The number of hydrogen-bond acceptors (Lipinski definition) is 1. The van der Waals surface area contributed by atoms with Gasteiger partial charge in [-0.25, -0.2) is 0 Å². The van der Waals surface area contributed by atoms with E-state index in [0.717, 1.165) is 5.56 Å². The third-order valence-corrected chi connectivity index (χ3v) is 3.64. The predicted molar refractivity (Wildman–Crippen MR) is 78.7 cm³/mol. The van der Waals surface area contributed by atoms with Crippen molar-refractivity contribution in [3.05, 3.63) is 76.6 Å². The van der Waals surface area contributed by atoms with Gasteiger partial charge < -0.3 is 0 Å². The summed E-state index contributed by atoms with van der Waals surface area (Å²) in [5, 5.41) is 5.64. The zero-order valence-corrected chi connectivity index (χ0v) is 11.6. The van der Waals surface area contributed by atoms with Crippen molar-refractivity contribution in [3.63, 3.8) is 0 Å². The minimum absolute atomic E-state index is 0.148. The first-order valence-electron chi connectivity index (χ1n) is 6.04. The number of rotatable bonds is 2. The summed E-state index contributed by atoms with van der Waals surface area (Å²) in [6.07, 6.45) is 12.1. The van der Waals surface area contributed by atoms with Gasteiger partial charge in [0.1, 0.15) is 0 Å². The fraction of sp³-hybridized carbons (Fsp3) is 0.133. The summed E-state index contributed by atoms with van der Waals surface area (Å²) in [7, 11) is 0. The molecular formula is C15H12Cl2N2. The molecule has 2 nitrogen and oxygen atoms in total. The molecule has 2 aromatic rings. The third kappa shape index (κ3) is 2.60. The van der Waals surface area contributed by atoms with Crippen molar-refractivity contribution in [2.24, 2.45) is 0 Å². The fourth-order valence-corrected chi connectivity index (χ4v) is 2.92. The second kappa shape index (κ2) is 5.24. The van der Waals surface area contributed by atoms with Crippen LogP contribution < -0.4 is 0 Å². The number of nitrogens with zero attached hydrogens (tertiary/aromatic N) is 2. The summed E-state index contributed by atoms with van der Waals surface area (Å²) in [5.74, 6) is 0.182. The Balaban J connectivity index is 2.02. The van der Waals surface area contributed by atoms with Gasteiger partial charge in [0.2, 0.25) is 0 Å². The molecule has 0 radical (unpaired) electrons. The molecule has 0 amide bonds. The van der Waals surface area contributed by atoms with Crippen molar-refractivity contribution < 1.29 is 0 Å². The van der Waals surface area contributed by atoms with Crippen LogP contribution in [-0.2, 0) is 0 Å². The molecular weight excluding hydrogens is 279 g/mol. The van der Waals surface area contributed by atoms with Crippen molar-refractivity contribution in [2.45, 2.75) is 12.0 Å². The van der Waals surface area contributed by atoms with Crippen molar-refractivity contribution in [2.75, 3.05) is 0 Å².